The Morgan fingerprint density at radius 3 is 2.50 bits per heavy atom. The number of aliphatic hydroxyl groups excluding tert-OH is 1. The van der Waals surface area contributed by atoms with Gasteiger partial charge < -0.3 is 9.84 Å². The molecule has 1 N–H and O–H groups in total. The van der Waals surface area contributed by atoms with Crippen LogP contribution in [0.4, 0.5) is 0 Å². The van der Waals surface area contributed by atoms with E-state index in [0.29, 0.717) is 12.8 Å². The van der Waals surface area contributed by atoms with Gasteiger partial charge in [-0.2, -0.15) is 0 Å². The Morgan fingerprint density at radius 1 is 1.38 bits per heavy atom. The second kappa shape index (κ2) is 7.48. The van der Waals surface area contributed by atoms with Crippen LogP contribution in [0.3, 0.4) is 0 Å². The summed E-state index contributed by atoms with van der Waals surface area (Å²) in [6.45, 7) is 6.43. The molecule has 0 aromatic heterocycles. The molecule has 3 nitrogen and oxygen atoms in total. The van der Waals surface area contributed by atoms with Crippen LogP contribution in [-0.4, -0.2) is 32.4 Å². The van der Waals surface area contributed by atoms with Gasteiger partial charge in [0.2, 0.25) is 0 Å². The zero-order chi connectivity index (χ0) is 12.6. The quantitative estimate of drug-likeness (QED) is 0.347. The van der Waals surface area contributed by atoms with E-state index in [2.05, 4.69) is 35.8 Å². The van der Waals surface area contributed by atoms with Crippen molar-refractivity contribution in [2.75, 3.05) is 7.11 Å². The number of methoxy groups -OCH3 is 1. The highest BCUT2D eigenvalue weighted by atomic mass is 28.3. The minimum Gasteiger partial charge on any atom is -0.469 e. The van der Waals surface area contributed by atoms with E-state index >= 15 is 0 Å². The van der Waals surface area contributed by atoms with Gasteiger partial charge >= 0.3 is 5.97 Å². The van der Waals surface area contributed by atoms with E-state index in [0.717, 1.165) is 12.8 Å². The summed E-state index contributed by atoms with van der Waals surface area (Å²) in [5, 5.41) is 9.57. The Balaban J connectivity index is 3.69. The first kappa shape index (κ1) is 15.2. The predicted octanol–water partition coefficient (Wildman–Crippen LogP) is 1.96. The lowest BCUT2D eigenvalue weighted by Gasteiger charge is -2.06. The van der Waals surface area contributed by atoms with Gasteiger partial charge in [-0.25, -0.2) is 0 Å². The highest BCUT2D eigenvalue weighted by molar-refractivity contribution is 6.83. The minimum atomic E-state index is -1.39. The van der Waals surface area contributed by atoms with Gasteiger partial charge in [0.15, 0.2) is 0 Å². The molecule has 92 valence electrons. The molecule has 16 heavy (non-hydrogen) atoms. The van der Waals surface area contributed by atoms with E-state index < -0.39 is 14.2 Å². The minimum absolute atomic E-state index is 0.192. The van der Waals surface area contributed by atoms with Crippen molar-refractivity contribution in [3.8, 4) is 11.5 Å². The van der Waals surface area contributed by atoms with Crippen molar-refractivity contribution in [3.63, 3.8) is 0 Å². The van der Waals surface area contributed by atoms with Crippen molar-refractivity contribution in [1.82, 2.24) is 0 Å². The van der Waals surface area contributed by atoms with Crippen LogP contribution < -0.4 is 0 Å². The lowest BCUT2D eigenvalue weighted by Crippen LogP contribution is -2.17. The highest BCUT2D eigenvalue weighted by Crippen LogP contribution is 2.05. The van der Waals surface area contributed by atoms with Crippen molar-refractivity contribution >= 4 is 14.0 Å². The molecule has 1 atom stereocenters. The number of esters is 1. The number of carbonyl (C=O) groups excluding carboxylic acids is 1. The van der Waals surface area contributed by atoms with Crippen LogP contribution >= 0.6 is 0 Å². The van der Waals surface area contributed by atoms with E-state index in [1.54, 1.807) is 0 Å². The van der Waals surface area contributed by atoms with Crippen molar-refractivity contribution in [1.29, 1.82) is 0 Å². The van der Waals surface area contributed by atoms with Crippen LogP contribution in [-0.2, 0) is 9.53 Å². The fourth-order valence-electron chi connectivity index (χ4n) is 1.08. The molecule has 0 bridgehead atoms. The molecule has 0 aliphatic rings. The van der Waals surface area contributed by atoms with Gasteiger partial charge in [-0.3, -0.25) is 4.79 Å². The SMILES string of the molecule is COC(=O)CCCC[C@H](O)C#C[Si](C)(C)C. The molecule has 0 saturated heterocycles. The number of unbranched alkanes of at least 4 members (excludes halogenated alkanes) is 1. The first-order valence-corrected chi connectivity index (χ1v) is 9.13. The number of carbonyl (C=O) groups is 1. The van der Waals surface area contributed by atoms with Crippen LogP contribution in [0.5, 0.6) is 0 Å². The molecule has 0 aromatic carbocycles. The lowest BCUT2D eigenvalue weighted by molar-refractivity contribution is -0.140. The van der Waals surface area contributed by atoms with Crippen LogP contribution in [0, 0.1) is 11.5 Å². The molecule has 0 amide bonds. The molecule has 0 aromatic rings. The zero-order valence-electron chi connectivity index (χ0n) is 10.7. The molecular formula is C12H22O3Si. The summed E-state index contributed by atoms with van der Waals surface area (Å²) in [6.07, 6.45) is 2.05. The fourth-order valence-corrected chi connectivity index (χ4v) is 1.68. The molecule has 0 radical (unpaired) electrons. The average molecular weight is 242 g/mol. The predicted molar refractivity (Wildman–Crippen MR) is 67.6 cm³/mol. The Labute approximate surface area is 99.2 Å². The van der Waals surface area contributed by atoms with Gasteiger partial charge in [-0.1, -0.05) is 25.6 Å². The van der Waals surface area contributed by atoms with Crippen molar-refractivity contribution in [3.05, 3.63) is 0 Å². The van der Waals surface area contributed by atoms with Gasteiger partial charge in [0, 0.05) is 6.42 Å². The zero-order valence-corrected chi connectivity index (χ0v) is 11.7. The van der Waals surface area contributed by atoms with E-state index in [9.17, 15) is 9.90 Å². The molecule has 0 aliphatic heterocycles. The third-order valence-corrected chi connectivity index (χ3v) is 2.84. The van der Waals surface area contributed by atoms with Crippen molar-refractivity contribution in [2.24, 2.45) is 0 Å². The maximum absolute atomic E-state index is 10.8. The molecule has 0 spiro atoms. The highest BCUT2D eigenvalue weighted by Gasteiger charge is 2.09. The first-order valence-electron chi connectivity index (χ1n) is 5.63. The summed E-state index contributed by atoms with van der Waals surface area (Å²) in [7, 11) is -0.000879. The Hall–Kier alpha value is -0.793. The maximum Gasteiger partial charge on any atom is 0.305 e. The third kappa shape index (κ3) is 9.75. The molecule has 0 unspecified atom stereocenters. The smallest absolute Gasteiger partial charge is 0.305 e. The second-order valence-corrected chi connectivity index (χ2v) is 9.61. The van der Waals surface area contributed by atoms with E-state index in [1.807, 2.05) is 0 Å². The molecule has 0 fully saturated rings. The normalized spacial score (nSPS) is 12.6. The summed E-state index contributed by atoms with van der Waals surface area (Å²) in [4.78, 5) is 10.8. The number of ether oxygens (including phenoxy) is 1. The molecule has 4 heteroatoms. The van der Waals surface area contributed by atoms with Gasteiger partial charge in [0.05, 0.1) is 7.11 Å². The number of hydrogen-bond donors (Lipinski definition) is 1. The van der Waals surface area contributed by atoms with E-state index in [-0.39, 0.29) is 5.97 Å². The monoisotopic (exact) mass is 242 g/mol. The van der Waals surface area contributed by atoms with E-state index in [1.165, 1.54) is 7.11 Å². The summed E-state index contributed by atoms with van der Waals surface area (Å²) >= 11 is 0. The van der Waals surface area contributed by atoms with Gasteiger partial charge in [0.25, 0.3) is 0 Å². The van der Waals surface area contributed by atoms with Crippen LogP contribution in [0.25, 0.3) is 0 Å². The maximum atomic E-state index is 10.8. The largest absolute Gasteiger partial charge is 0.469 e. The van der Waals surface area contributed by atoms with Crippen LogP contribution in [0.2, 0.25) is 19.6 Å². The van der Waals surface area contributed by atoms with Crippen molar-refractivity contribution in [2.45, 2.75) is 51.4 Å². The standard InChI is InChI=1S/C12H22O3Si/c1-15-12(14)8-6-5-7-11(13)9-10-16(2,3)4/h11,13H,5-8H2,1-4H3/t11-/m0/s1. The number of rotatable bonds is 5. The summed E-state index contributed by atoms with van der Waals surface area (Å²) in [6, 6.07) is 0. The Morgan fingerprint density at radius 2 is 2.00 bits per heavy atom. The molecule has 0 heterocycles. The van der Waals surface area contributed by atoms with Crippen molar-refractivity contribution < 1.29 is 14.6 Å². The number of hydrogen-bond acceptors (Lipinski definition) is 3. The summed E-state index contributed by atoms with van der Waals surface area (Å²) < 4.78 is 4.53. The number of aliphatic hydroxyl groups is 1. The summed E-state index contributed by atoms with van der Waals surface area (Å²) in [5.74, 6) is 2.68. The molecule has 0 aliphatic carbocycles. The Kier molecular flexibility index (Phi) is 7.10. The van der Waals surface area contributed by atoms with Gasteiger partial charge in [0.1, 0.15) is 14.2 Å². The Bertz CT molecular complexity index is 270. The third-order valence-electron chi connectivity index (χ3n) is 1.95. The topological polar surface area (TPSA) is 46.5 Å². The average Bonchev–Trinajstić information content (AvgIpc) is 2.20. The van der Waals surface area contributed by atoms with Crippen LogP contribution in [0.15, 0.2) is 0 Å². The van der Waals surface area contributed by atoms with Gasteiger partial charge in [-0.15, -0.1) is 5.54 Å². The fraction of sp³-hybridized carbons (Fsp3) is 0.750. The van der Waals surface area contributed by atoms with Crippen LogP contribution in [0.1, 0.15) is 25.7 Å². The molecular weight excluding hydrogens is 220 g/mol. The second-order valence-electron chi connectivity index (χ2n) is 4.86. The summed E-state index contributed by atoms with van der Waals surface area (Å²) in [5.41, 5.74) is 3.13. The lowest BCUT2D eigenvalue weighted by atomic mass is 10.1. The molecule has 0 saturated carbocycles. The van der Waals surface area contributed by atoms with Gasteiger partial charge in [-0.05, 0) is 19.3 Å². The molecule has 0 rings (SSSR count). The van der Waals surface area contributed by atoms with E-state index in [4.69, 9.17) is 0 Å². The first-order chi connectivity index (χ1) is 7.35.